The van der Waals surface area contributed by atoms with Gasteiger partial charge in [-0.1, -0.05) is 56.6 Å². The second-order valence-electron chi connectivity index (χ2n) is 8.16. The van der Waals surface area contributed by atoms with Crippen LogP contribution < -0.4 is 4.74 Å². The number of ether oxygens (including phenoxy) is 1. The Kier molecular flexibility index (Phi) is 7.85. The first-order valence-corrected chi connectivity index (χ1v) is 10.9. The first kappa shape index (κ1) is 22.3. The topological polar surface area (TPSA) is 9.23 Å². The highest BCUT2D eigenvalue weighted by atomic mass is 19.4. The Labute approximate surface area is 177 Å². The van der Waals surface area contributed by atoms with Gasteiger partial charge in [0.2, 0.25) is 0 Å². The van der Waals surface area contributed by atoms with Gasteiger partial charge in [0.25, 0.3) is 0 Å². The Bertz CT molecular complexity index is 833. The van der Waals surface area contributed by atoms with Crippen LogP contribution in [0, 0.1) is 17.8 Å². The maximum absolute atomic E-state index is 12.2. The molecule has 1 nitrogen and oxygen atoms in total. The van der Waals surface area contributed by atoms with Gasteiger partial charge in [-0.15, -0.1) is 13.2 Å². The third-order valence-electron chi connectivity index (χ3n) is 5.88. The predicted octanol–water partition coefficient (Wildman–Crippen LogP) is 7.84. The number of rotatable bonds is 6. The van der Waals surface area contributed by atoms with E-state index in [1.807, 2.05) is 12.1 Å². The molecule has 0 unspecified atom stereocenters. The zero-order valence-corrected chi connectivity index (χ0v) is 17.5. The fourth-order valence-corrected chi connectivity index (χ4v) is 4.19. The van der Waals surface area contributed by atoms with Crippen molar-refractivity contribution >= 4 is 0 Å². The molecular formula is C26H29F3O. The molecule has 0 bridgehead atoms. The van der Waals surface area contributed by atoms with E-state index in [2.05, 4.69) is 35.6 Å². The molecule has 0 aromatic heterocycles. The van der Waals surface area contributed by atoms with Gasteiger partial charge in [0.15, 0.2) is 0 Å². The highest BCUT2D eigenvalue weighted by Crippen LogP contribution is 2.37. The molecule has 0 N–H and O–H groups in total. The third-order valence-corrected chi connectivity index (χ3v) is 5.88. The molecule has 0 amide bonds. The molecule has 1 aliphatic carbocycles. The molecule has 0 atom stereocenters. The minimum atomic E-state index is -4.68. The molecule has 0 radical (unpaired) electrons. The van der Waals surface area contributed by atoms with E-state index in [0.29, 0.717) is 11.5 Å². The molecule has 2 aromatic rings. The lowest BCUT2D eigenvalue weighted by Gasteiger charge is -2.29. The van der Waals surface area contributed by atoms with Gasteiger partial charge in [-0.25, -0.2) is 0 Å². The second kappa shape index (κ2) is 10.6. The number of alkyl halides is 3. The summed E-state index contributed by atoms with van der Waals surface area (Å²) in [6, 6.07) is 14.0. The lowest BCUT2D eigenvalue weighted by molar-refractivity contribution is -0.274. The molecule has 1 aliphatic rings. The van der Waals surface area contributed by atoms with Gasteiger partial charge in [0.1, 0.15) is 5.75 Å². The molecule has 30 heavy (non-hydrogen) atoms. The van der Waals surface area contributed by atoms with Crippen LogP contribution in [-0.4, -0.2) is 6.36 Å². The molecular weight excluding hydrogens is 385 g/mol. The van der Waals surface area contributed by atoms with Crippen LogP contribution in [0.25, 0.3) is 0 Å². The van der Waals surface area contributed by atoms with E-state index in [9.17, 15) is 13.2 Å². The van der Waals surface area contributed by atoms with E-state index in [4.69, 9.17) is 0 Å². The van der Waals surface area contributed by atoms with Gasteiger partial charge >= 0.3 is 6.36 Å². The van der Waals surface area contributed by atoms with Gasteiger partial charge in [-0.05, 0) is 79.5 Å². The van der Waals surface area contributed by atoms with Crippen LogP contribution in [0.2, 0.25) is 0 Å². The SMILES string of the molecule is CCCCC[C@H]1CC[C@H](c2ccc(C#Cc3ccc(OC(F)(F)F)cc3)cc2)CC1. The number of hydrogen-bond donors (Lipinski definition) is 0. The lowest BCUT2D eigenvalue weighted by Crippen LogP contribution is -2.16. The van der Waals surface area contributed by atoms with E-state index < -0.39 is 6.36 Å². The van der Waals surface area contributed by atoms with Crippen LogP contribution in [0.15, 0.2) is 48.5 Å². The van der Waals surface area contributed by atoms with Crippen molar-refractivity contribution in [3.63, 3.8) is 0 Å². The summed E-state index contributed by atoms with van der Waals surface area (Å²) in [7, 11) is 0. The van der Waals surface area contributed by atoms with Gasteiger partial charge in [-0.3, -0.25) is 0 Å². The van der Waals surface area contributed by atoms with Gasteiger partial charge < -0.3 is 4.74 Å². The van der Waals surface area contributed by atoms with E-state index in [1.165, 1.54) is 81.2 Å². The number of halogens is 3. The minimum absolute atomic E-state index is 0.238. The summed E-state index contributed by atoms with van der Waals surface area (Å²) < 4.78 is 40.5. The van der Waals surface area contributed by atoms with Crippen molar-refractivity contribution in [1.29, 1.82) is 0 Å². The van der Waals surface area contributed by atoms with Gasteiger partial charge in [-0.2, -0.15) is 0 Å². The molecule has 1 saturated carbocycles. The minimum Gasteiger partial charge on any atom is -0.406 e. The van der Waals surface area contributed by atoms with Crippen molar-refractivity contribution in [3.05, 3.63) is 65.2 Å². The smallest absolute Gasteiger partial charge is 0.406 e. The van der Waals surface area contributed by atoms with Crippen LogP contribution >= 0.6 is 0 Å². The normalized spacial score (nSPS) is 19.1. The summed E-state index contributed by atoms with van der Waals surface area (Å²) in [6.07, 6.45) is 5.95. The van der Waals surface area contributed by atoms with Crippen LogP contribution in [0.4, 0.5) is 13.2 Å². The molecule has 0 aliphatic heterocycles. The molecule has 2 aromatic carbocycles. The lowest BCUT2D eigenvalue weighted by atomic mass is 9.77. The fourth-order valence-electron chi connectivity index (χ4n) is 4.19. The highest BCUT2D eigenvalue weighted by Gasteiger charge is 2.30. The standard InChI is InChI=1S/C26H29F3O/c1-2-3-4-5-20-8-14-23(15-9-20)24-16-10-21(11-17-24)6-7-22-12-18-25(19-13-22)30-26(27,28)29/h10-13,16-20,23H,2-5,8-9,14-15H2,1H3/t20-,23-. The summed E-state index contributed by atoms with van der Waals surface area (Å²) in [5.41, 5.74) is 2.94. The molecule has 0 saturated heterocycles. The maximum atomic E-state index is 12.2. The Morgan fingerprint density at radius 1 is 0.833 bits per heavy atom. The zero-order chi connectivity index (χ0) is 21.4. The predicted molar refractivity (Wildman–Crippen MR) is 114 cm³/mol. The molecule has 0 spiro atoms. The molecule has 4 heteroatoms. The summed E-state index contributed by atoms with van der Waals surface area (Å²) in [5, 5.41) is 0. The molecule has 160 valence electrons. The van der Waals surface area contributed by atoms with Crippen molar-refractivity contribution < 1.29 is 17.9 Å². The van der Waals surface area contributed by atoms with Crippen molar-refractivity contribution in [2.75, 3.05) is 0 Å². The molecule has 3 rings (SSSR count). The van der Waals surface area contributed by atoms with Crippen molar-refractivity contribution in [2.45, 2.75) is 70.6 Å². The number of unbranched alkanes of at least 4 members (excludes halogenated alkanes) is 2. The van der Waals surface area contributed by atoms with Gasteiger partial charge in [0.05, 0.1) is 0 Å². The Morgan fingerprint density at radius 3 is 1.93 bits per heavy atom. The van der Waals surface area contributed by atoms with Crippen LogP contribution in [0.5, 0.6) is 5.75 Å². The summed E-state index contributed by atoms with van der Waals surface area (Å²) in [6.45, 7) is 2.26. The molecule has 1 fully saturated rings. The fraction of sp³-hybridized carbons (Fsp3) is 0.462. The van der Waals surface area contributed by atoms with E-state index in [-0.39, 0.29) is 5.75 Å². The van der Waals surface area contributed by atoms with Gasteiger partial charge in [0, 0.05) is 11.1 Å². The largest absolute Gasteiger partial charge is 0.573 e. The van der Waals surface area contributed by atoms with Crippen molar-refractivity contribution in [3.8, 4) is 17.6 Å². The van der Waals surface area contributed by atoms with Crippen LogP contribution in [0.1, 0.15) is 80.9 Å². The van der Waals surface area contributed by atoms with E-state index in [1.54, 1.807) is 0 Å². The van der Waals surface area contributed by atoms with Crippen molar-refractivity contribution in [1.82, 2.24) is 0 Å². The third kappa shape index (κ3) is 7.13. The Morgan fingerprint density at radius 2 is 1.40 bits per heavy atom. The average molecular weight is 415 g/mol. The molecule has 0 heterocycles. The first-order chi connectivity index (χ1) is 14.4. The number of hydrogen-bond acceptors (Lipinski definition) is 1. The van der Waals surface area contributed by atoms with Crippen LogP contribution in [0.3, 0.4) is 0 Å². The number of benzene rings is 2. The second-order valence-corrected chi connectivity index (χ2v) is 8.16. The average Bonchev–Trinajstić information content (AvgIpc) is 2.73. The highest BCUT2D eigenvalue weighted by molar-refractivity contribution is 5.45. The monoisotopic (exact) mass is 414 g/mol. The zero-order valence-electron chi connectivity index (χ0n) is 17.5. The van der Waals surface area contributed by atoms with Crippen LogP contribution in [-0.2, 0) is 0 Å². The van der Waals surface area contributed by atoms with E-state index >= 15 is 0 Å². The summed E-state index contributed by atoms with van der Waals surface area (Å²) in [4.78, 5) is 0. The van der Waals surface area contributed by atoms with E-state index in [0.717, 1.165) is 11.5 Å². The maximum Gasteiger partial charge on any atom is 0.573 e. The Balaban J connectivity index is 1.52. The first-order valence-electron chi connectivity index (χ1n) is 10.9. The summed E-state index contributed by atoms with van der Waals surface area (Å²) >= 11 is 0. The Hall–Kier alpha value is -2.41. The summed E-state index contributed by atoms with van der Waals surface area (Å²) in [5.74, 6) is 7.39. The van der Waals surface area contributed by atoms with Crippen molar-refractivity contribution in [2.24, 2.45) is 5.92 Å². The quantitative estimate of drug-likeness (QED) is 0.346.